The molecular weight excluding hydrogens is 500 g/mol. The van der Waals surface area contributed by atoms with Crippen LogP contribution < -0.4 is 29.4 Å². The van der Waals surface area contributed by atoms with Crippen LogP contribution in [0.2, 0.25) is 0 Å². The number of nitrogens with one attached hydrogen (secondary N) is 1. The largest absolute Gasteiger partial charge is 0.484 e. The van der Waals surface area contributed by atoms with Crippen LogP contribution in [-0.2, 0) is 0 Å². The second-order valence-corrected chi connectivity index (χ2v) is 13.9. The summed E-state index contributed by atoms with van der Waals surface area (Å²) in [7, 11) is 0. The highest BCUT2D eigenvalue weighted by Crippen LogP contribution is 2.41. The molecule has 1 N–H and O–H groups in total. The van der Waals surface area contributed by atoms with Crippen LogP contribution in [0.1, 0.15) is 83.1 Å². The third-order valence-electron chi connectivity index (χ3n) is 5.05. The van der Waals surface area contributed by atoms with Gasteiger partial charge in [-0.15, -0.1) is 0 Å². The van der Waals surface area contributed by atoms with Crippen molar-refractivity contribution in [1.82, 2.24) is 0 Å². The molecule has 0 saturated heterocycles. The van der Waals surface area contributed by atoms with E-state index in [0.717, 1.165) is 17.1 Å². The van der Waals surface area contributed by atoms with Crippen molar-refractivity contribution < 1.29 is 18.9 Å². The summed E-state index contributed by atoms with van der Waals surface area (Å²) in [4.78, 5) is 0. The first-order chi connectivity index (χ1) is 18.3. The van der Waals surface area contributed by atoms with Gasteiger partial charge in [0.2, 0.25) is 0 Å². The SMILES string of the molecule is CC(C)(C)Oc1ccc(N(Nc2ccccc2)c2ccc(OC(C)(C)C)c(OC(C)(C)C)c2)cc1OC(C)(C)C. The Labute approximate surface area is 241 Å². The molecule has 0 radical (unpaired) electrons. The molecule has 3 aromatic carbocycles. The Bertz CT molecular complexity index is 1180. The Balaban J connectivity index is 2.18. The molecule has 0 aliphatic carbocycles. The summed E-state index contributed by atoms with van der Waals surface area (Å²) in [6.45, 7) is 24.4. The summed E-state index contributed by atoms with van der Waals surface area (Å²) >= 11 is 0. The Hall–Kier alpha value is -3.54. The van der Waals surface area contributed by atoms with Gasteiger partial charge in [0.1, 0.15) is 22.4 Å². The smallest absolute Gasteiger partial charge is 0.164 e. The van der Waals surface area contributed by atoms with Crippen molar-refractivity contribution in [2.75, 3.05) is 10.4 Å². The summed E-state index contributed by atoms with van der Waals surface area (Å²) in [6, 6.07) is 22.0. The molecule has 40 heavy (non-hydrogen) atoms. The van der Waals surface area contributed by atoms with E-state index in [2.05, 4.69) is 5.43 Å². The second-order valence-electron chi connectivity index (χ2n) is 13.9. The molecule has 0 spiro atoms. The molecule has 0 atom stereocenters. The van der Waals surface area contributed by atoms with Crippen LogP contribution in [0.25, 0.3) is 0 Å². The quantitative estimate of drug-likeness (QED) is 0.283. The van der Waals surface area contributed by atoms with E-state index in [4.69, 9.17) is 18.9 Å². The van der Waals surface area contributed by atoms with E-state index in [-0.39, 0.29) is 11.2 Å². The van der Waals surface area contributed by atoms with Gasteiger partial charge in [-0.1, -0.05) is 18.2 Å². The number of hydrogen-bond donors (Lipinski definition) is 1. The van der Waals surface area contributed by atoms with Gasteiger partial charge in [0.15, 0.2) is 23.0 Å². The van der Waals surface area contributed by atoms with Gasteiger partial charge in [0.05, 0.1) is 17.1 Å². The average molecular weight is 549 g/mol. The fraction of sp³-hybridized carbons (Fsp3) is 0.471. The zero-order valence-corrected chi connectivity index (χ0v) is 26.4. The molecular formula is C34H48N2O4. The topological polar surface area (TPSA) is 52.2 Å². The fourth-order valence-electron chi connectivity index (χ4n) is 3.84. The molecule has 3 rings (SSSR count). The highest BCUT2D eigenvalue weighted by Gasteiger charge is 2.24. The van der Waals surface area contributed by atoms with Gasteiger partial charge in [-0.3, -0.25) is 10.4 Å². The predicted octanol–water partition coefficient (Wildman–Crippen LogP) is 9.56. The number of hydrogen-bond acceptors (Lipinski definition) is 6. The van der Waals surface area contributed by atoms with E-state index in [1.807, 2.05) is 155 Å². The van der Waals surface area contributed by atoms with Crippen LogP contribution >= 0.6 is 0 Å². The zero-order chi connectivity index (χ0) is 29.9. The number of anilines is 3. The lowest BCUT2D eigenvalue weighted by atomic mass is 10.1. The van der Waals surface area contributed by atoms with Crippen molar-refractivity contribution in [3.8, 4) is 23.0 Å². The van der Waals surface area contributed by atoms with Gasteiger partial charge in [-0.2, -0.15) is 0 Å². The van der Waals surface area contributed by atoms with Crippen LogP contribution in [-0.4, -0.2) is 22.4 Å². The zero-order valence-electron chi connectivity index (χ0n) is 26.4. The number of para-hydroxylation sites is 1. The van der Waals surface area contributed by atoms with Crippen molar-refractivity contribution in [2.45, 2.75) is 105 Å². The Kier molecular flexibility index (Phi) is 8.93. The van der Waals surface area contributed by atoms with Gasteiger partial charge >= 0.3 is 0 Å². The fourth-order valence-corrected chi connectivity index (χ4v) is 3.84. The van der Waals surface area contributed by atoms with Gasteiger partial charge in [0, 0.05) is 12.1 Å². The summed E-state index contributed by atoms with van der Waals surface area (Å²) < 4.78 is 25.3. The van der Waals surface area contributed by atoms with Crippen molar-refractivity contribution in [2.24, 2.45) is 0 Å². The third kappa shape index (κ3) is 9.89. The van der Waals surface area contributed by atoms with Crippen LogP contribution in [0.4, 0.5) is 17.1 Å². The maximum atomic E-state index is 6.40. The Morgan fingerprint density at radius 3 is 1.15 bits per heavy atom. The number of rotatable bonds is 8. The summed E-state index contributed by atoms with van der Waals surface area (Å²) in [5.41, 5.74) is 4.68. The molecule has 0 bridgehead atoms. The maximum absolute atomic E-state index is 6.40. The molecule has 0 amide bonds. The van der Waals surface area contributed by atoms with Crippen LogP contribution in [0, 0.1) is 0 Å². The monoisotopic (exact) mass is 548 g/mol. The van der Waals surface area contributed by atoms with E-state index in [1.165, 1.54) is 0 Å². The van der Waals surface area contributed by atoms with Crippen molar-refractivity contribution in [3.63, 3.8) is 0 Å². The van der Waals surface area contributed by atoms with Crippen LogP contribution in [0.15, 0.2) is 66.7 Å². The minimum atomic E-state index is -0.411. The highest BCUT2D eigenvalue weighted by molar-refractivity contribution is 5.72. The van der Waals surface area contributed by atoms with E-state index in [1.54, 1.807) is 0 Å². The average Bonchev–Trinajstić information content (AvgIpc) is 2.77. The molecule has 0 unspecified atom stereocenters. The van der Waals surface area contributed by atoms with E-state index >= 15 is 0 Å². The minimum Gasteiger partial charge on any atom is -0.484 e. The Morgan fingerprint density at radius 1 is 0.450 bits per heavy atom. The maximum Gasteiger partial charge on any atom is 0.164 e. The van der Waals surface area contributed by atoms with E-state index in [0.29, 0.717) is 23.0 Å². The lowest BCUT2D eigenvalue weighted by molar-refractivity contribution is 0.0957. The van der Waals surface area contributed by atoms with Crippen LogP contribution in [0.5, 0.6) is 23.0 Å². The number of benzene rings is 3. The minimum absolute atomic E-state index is 0.373. The van der Waals surface area contributed by atoms with Crippen molar-refractivity contribution >= 4 is 17.1 Å². The highest BCUT2D eigenvalue weighted by atomic mass is 16.5. The normalized spacial score (nSPS) is 12.5. The number of ether oxygens (including phenoxy) is 4. The second kappa shape index (κ2) is 11.5. The van der Waals surface area contributed by atoms with Gasteiger partial charge < -0.3 is 18.9 Å². The lowest BCUT2D eigenvalue weighted by Gasteiger charge is -2.32. The summed E-state index contributed by atoms with van der Waals surface area (Å²) in [5, 5.41) is 2.02. The molecule has 6 heteroatoms. The van der Waals surface area contributed by atoms with Gasteiger partial charge in [-0.25, -0.2) is 0 Å². The summed E-state index contributed by atoms with van der Waals surface area (Å²) in [6.07, 6.45) is 0. The molecule has 0 heterocycles. The predicted molar refractivity (Wildman–Crippen MR) is 167 cm³/mol. The van der Waals surface area contributed by atoms with Crippen LogP contribution in [0.3, 0.4) is 0 Å². The third-order valence-corrected chi connectivity index (χ3v) is 5.05. The molecule has 0 aliphatic heterocycles. The standard InChI is InChI=1S/C34H48N2O4/c1-31(2,3)37-27-20-18-25(22-29(27)39-33(7,8)9)36(35-24-16-14-13-15-17-24)26-19-21-28(38-32(4,5)6)30(23-26)40-34(10,11)12/h13-23,35H,1-12H3. The molecule has 0 aromatic heterocycles. The molecule has 0 saturated carbocycles. The first kappa shape index (κ1) is 31.0. The molecule has 0 fully saturated rings. The van der Waals surface area contributed by atoms with Crippen molar-refractivity contribution in [3.05, 3.63) is 66.7 Å². The number of hydrazine groups is 1. The first-order valence-electron chi connectivity index (χ1n) is 13.9. The molecule has 0 aliphatic rings. The van der Waals surface area contributed by atoms with E-state index in [9.17, 15) is 0 Å². The first-order valence-corrected chi connectivity index (χ1v) is 13.9. The van der Waals surface area contributed by atoms with E-state index < -0.39 is 11.2 Å². The lowest BCUT2D eigenvalue weighted by Crippen LogP contribution is -2.28. The van der Waals surface area contributed by atoms with Crippen molar-refractivity contribution in [1.29, 1.82) is 0 Å². The Morgan fingerprint density at radius 2 is 0.800 bits per heavy atom. The molecule has 218 valence electrons. The molecule has 3 aromatic rings. The summed E-state index contributed by atoms with van der Waals surface area (Å²) in [5.74, 6) is 2.71. The van der Waals surface area contributed by atoms with Gasteiger partial charge in [0.25, 0.3) is 0 Å². The molecule has 6 nitrogen and oxygen atoms in total. The van der Waals surface area contributed by atoms with Gasteiger partial charge in [-0.05, 0) is 119 Å². The number of nitrogens with zero attached hydrogens (tertiary/aromatic N) is 1.